The lowest BCUT2D eigenvalue weighted by Crippen LogP contribution is -2.15. The molecule has 2 aromatic rings. The number of anilines is 1. The zero-order valence-electron chi connectivity index (χ0n) is 10.9. The molecule has 0 aliphatic rings. The van der Waals surface area contributed by atoms with Crippen molar-refractivity contribution < 1.29 is 4.74 Å². The first kappa shape index (κ1) is 13.0. The molecule has 3 N–H and O–H groups in total. The number of fused-ring (bicyclic) bond motifs is 1. The molecule has 98 valence electrons. The van der Waals surface area contributed by atoms with Gasteiger partial charge in [0.15, 0.2) is 0 Å². The largest absolute Gasteiger partial charge is 0.474 e. The summed E-state index contributed by atoms with van der Waals surface area (Å²) < 4.78 is 5.88. The Balaban J connectivity index is 2.40. The van der Waals surface area contributed by atoms with Crippen LogP contribution in [0.5, 0.6) is 5.88 Å². The molecule has 0 bridgehead atoms. The number of nitrogen functional groups attached to an aromatic ring is 1. The van der Waals surface area contributed by atoms with E-state index in [1.54, 1.807) is 11.3 Å². The van der Waals surface area contributed by atoms with Crippen molar-refractivity contribution >= 4 is 27.5 Å². The normalized spacial score (nSPS) is 12.7. The Kier molecular flexibility index (Phi) is 3.98. The standard InChI is InChI=1S/C12H18N4OS/c1-4-5-7(2)17-10-9-6-8(3)18-11(9)15-12(14-10)16-13/h6-7H,4-5,13H2,1-3H3,(H,14,15,16). The van der Waals surface area contributed by atoms with Crippen molar-refractivity contribution in [3.05, 3.63) is 10.9 Å². The van der Waals surface area contributed by atoms with Gasteiger partial charge in [0.2, 0.25) is 11.8 Å². The fourth-order valence-electron chi connectivity index (χ4n) is 1.83. The van der Waals surface area contributed by atoms with Gasteiger partial charge >= 0.3 is 0 Å². The van der Waals surface area contributed by atoms with Crippen LogP contribution in [0, 0.1) is 6.92 Å². The molecule has 1 unspecified atom stereocenters. The van der Waals surface area contributed by atoms with Crippen molar-refractivity contribution in [2.24, 2.45) is 5.84 Å². The van der Waals surface area contributed by atoms with Crippen molar-refractivity contribution in [1.29, 1.82) is 0 Å². The molecule has 0 spiro atoms. The molecule has 0 saturated carbocycles. The van der Waals surface area contributed by atoms with Gasteiger partial charge in [0, 0.05) is 4.88 Å². The van der Waals surface area contributed by atoms with Gasteiger partial charge in [-0.05, 0) is 26.3 Å². The summed E-state index contributed by atoms with van der Waals surface area (Å²) in [5.74, 6) is 6.38. The lowest BCUT2D eigenvalue weighted by molar-refractivity contribution is 0.204. The molecule has 0 radical (unpaired) electrons. The van der Waals surface area contributed by atoms with Gasteiger partial charge in [0.05, 0.1) is 11.5 Å². The van der Waals surface area contributed by atoms with E-state index in [-0.39, 0.29) is 6.10 Å². The molecule has 0 aromatic carbocycles. The van der Waals surface area contributed by atoms with Crippen molar-refractivity contribution in [3.63, 3.8) is 0 Å². The molecule has 2 aromatic heterocycles. The second-order valence-corrected chi connectivity index (χ2v) is 5.52. The van der Waals surface area contributed by atoms with E-state index in [9.17, 15) is 0 Å². The Bertz CT molecular complexity index is 540. The van der Waals surface area contributed by atoms with Gasteiger partial charge < -0.3 is 4.74 Å². The molecule has 1 atom stereocenters. The van der Waals surface area contributed by atoms with Crippen molar-refractivity contribution in [3.8, 4) is 5.88 Å². The molecule has 6 heteroatoms. The molecule has 0 saturated heterocycles. The zero-order chi connectivity index (χ0) is 13.1. The number of hydrogen-bond donors (Lipinski definition) is 2. The topological polar surface area (TPSA) is 73.1 Å². The monoisotopic (exact) mass is 266 g/mol. The zero-order valence-corrected chi connectivity index (χ0v) is 11.7. The first-order valence-corrected chi connectivity index (χ1v) is 6.87. The van der Waals surface area contributed by atoms with Gasteiger partial charge in [-0.2, -0.15) is 4.98 Å². The van der Waals surface area contributed by atoms with E-state index in [0.29, 0.717) is 11.8 Å². The summed E-state index contributed by atoms with van der Waals surface area (Å²) in [5.41, 5.74) is 2.48. The van der Waals surface area contributed by atoms with Crippen LogP contribution in [0.4, 0.5) is 5.95 Å². The summed E-state index contributed by atoms with van der Waals surface area (Å²) in [7, 11) is 0. The summed E-state index contributed by atoms with van der Waals surface area (Å²) in [6.45, 7) is 6.23. The van der Waals surface area contributed by atoms with Gasteiger partial charge in [-0.25, -0.2) is 10.8 Å². The van der Waals surface area contributed by atoms with E-state index >= 15 is 0 Å². The Hall–Kier alpha value is -1.40. The van der Waals surface area contributed by atoms with Gasteiger partial charge in [0.1, 0.15) is 4.83 Å². The summed E-state index contributed by atoms with van der Waals surface area (Å²) >= 11 is 1.61. The third kappa shape index (κ3) is 2.70. The van der Waals surface area contributed by atoms with E-state index in [2.05, 4.69) is 22.3 Å². The van der Waals surface area contributed by atoms with E-state index in [1.165, 1.54) is 4.88 Å². The first-order chi connectivity index (χ1) is 8.63. The van der Waals surface area contributed by atoms with E-state index in [1.807, 2.05) is 19.9 Å². The average Bonchev–Trinajstić information content (AvgIpc) is 2.69. The summed E-state index contributed by atoms with van der Waals surface area (Å²) in [5, 5.41) is 0.958. The Morgan fingerprint density at radius 1 is 1.50 bits per heavy atom. The molecule has 5 nitrogen and oxygen atoms in total. The summed E-state index contributed by atoms with van der Waals surface area (Å²) in [6, 6.07) is 2.05. The Labute approximate surface area is 110 Å². The number of aromatic nitrogens is 2. The maximum Gasteiger partial charge on any atom is 0.241 e. The number of hydrazine groups is 1. The number of ether oxygens (including phenoxy) is 1. The fourth-order valence-corrected chi connectivity index (χ4v) is 2.70. The average molecular weight is 266 g/mol. The number of rotatable bonds is 5. The van der Waals surface area contributed by atoms with Crippen molar-refractivity contribution in [2.45, 2.75) is 39.7 Å². The lowest BCUT2D eigenvalue weighted by Gasteiger charge is -2.14. The maximum absolute atomic E-state index is 5.88. The molecule has 0 aliphatic heterocycles. The fraction of sp³-hybridized carbons (Fsp3) is 0.500. The van der Waals surface area contributed by atoms with Gasteiger partial charge in [-0.1, -0.05) is 13.3 Å². The van der Waals surface area contributed by atoms with Crippen LogP contribution in [0.2, 0.25) is 0 Å². The summed E-state index contributed by atoms with van der Waals surface area (Å²) in [6.07, 6.45) is 2.22. The van der Waals surface area contributed by atoms with Crippen LogP contribution in [0.3, 0.4) is 0 Å². The highest BCUT2D eigenvalue weighted by molar-refractivity contribution is 7.18. The molecule has 0 amide bonds. The maximum atomic E-state index is 5.88. The van der Waals surface area contributed by atoms with Crippen LogP contribution in [-0.4, -0.2) is 16.1 Å². The molecular weight excluding hydrogens is 248 g/mol. The number of thiophene rings is 1. The van der Waals surface area contributed by atoms with E-state index in [0.717, 1.165) is 23.1 Å². The molecule has 0 fully saturated rings. The highest BCUT2D eigenvalue weighted by Crippen LogP contribution is 2.31. The van der Waals surface area contributed by atoms with Gasteiger partial charge in [0.25, 0.3) is 0 Å². The smallest absolute Gasteiger partial charge is 0.241 e. The highest BCUT2D eigenvalue weighted by Gasteiger charge is 2.13. The molecule has 2 rings (SSSR count). The predicted octanol–water partition coefficient (Wildman–Crippen LogP) is 2.85. The predicted molar refractivity (Wildman–Crippen MR) is 75.0 cm³/mol. The van der Waals surface area contributed by atoms with Crippen molar-refractivity contribution in [1.82, 2.24) is 9.97 Å². The first-order valence-electron chi connectivity index (χ1n) is 6.05. The van der Waals surface area contributed by atoms with Crippen molar-refractivity contribution in [2.75, 3.05) is 5.43 Å². The third-order valence-corrected chi connectivity index (χ3v) is 3.56. The second-order valence-electron chi connectivity index (χ2n) is 4.29. The minimum absolute atomic E-state index is 0.138. The highest BCUT2D eigenvalue weighted by atomic mass is 32.1. The molecular formula is C12H18N4OS. The number of aryl methyl sites for hydroxylation is 1. The van der Waals surface area contributed by atoms with Crippen LogP contribution in [-0.2, 0) is 0 Å². The van der Waals surface area contributed by atoms with Crippen LogP contribution < -0.4 is 16.0 Å². The number of nitrogens with two attached hydrogens (primary N) is 1. The van der Waals surface area contributed by atoms with E-state index in [4.69, 9.17) is 10.6 Å². The summed E-state index contributed by atoms with van der Waals surface area (Å²) in [4.78, 5) is 10.7. The Morgan fingerprint density at radius 3 is 2.94 bits per heavy atom. The number of nitrogens with zero attached hydrogens (tertiary/aromatic N) is 2. The van der Waals surface area contributed by atoms with Gasteiger partial charge in [-0.15, -0.1) is 11.3 Å². The minimum atomic E-state index is 0.138. The molecule has 0 aliphatic carbocycles. The Morgan fingerprint density at radius 2 is 2.28 bits per heavy atom. The lowest BCUT2D eigenvalue weighted by atomic mass is 10.2. The third-order valence-electron chi connectivity index (χ3n) is 2.62. The number of nitrogens with one attached hydrogen (secondary N) is 1. The second kappa shape index (κ2) is 5.49. The van der Waals surface area contributed by atoms with Gasteiger partial charge in [-0.3, -0.25) is 5.43 Å². The minimum Gasteiger partial charge on any atom is -0.474 e. The van der Waals surface area contributed by atoms with Crippen LogP contribution >= 0.6 is 11.3 Å². The van der Waals surface area contributed by atoms with Crippen LogP contribution in [0.1, 0.15) is 31.6 Å². The van der Waals surface area contributed by atoms with E-state index < -0.39 is 0 Å². The number of hydrogen-bond acceptors (Lipinski definition) is 6. The molecule has 18 heavy (non-hydrogen) atoms. The SMILES string of the molecule is CCCC(C)Oc1nc(NN)nc2sc(C)cc12. The quantitative estimate of drug-likeness (QED) is 0.643. The van der Waals surface area contributed by atoms with Crippen LogP contribution in [0.25, 0.3) is 10.2 Å². The van der Waals surface area contributed by atoms with Crippen LogP contribution in [0.15, 0.2) is 6.07 Å². The molecule has 2 heterocycles.